The van der Waals surface area contributed by atoms with E-state index in [0.29, 0.717) is 11.3 Å². The molecule has 0 bridgehead atoms. The van der Waals surface area contributed by atoms with E-state index >= 15 is 0 Å². The fourth-order valence-corrected chi connectivity index (χ4v) is 1.12. The van der Waals surface area contributed by atoms with Crippen molar-refractivity contribution in [1.29, 1.82) is 0 Å². The molecule has 0 unspecified atom stereocenters. The summed E-state index contributed by atoms with van der Waals surface area (Å²) >= 11 is 0. The molecule has 82 valence electrons. The molecule has 3 N–H and O–H groups in total. The summed E-state index contributed by atoms with van der Waals surface area (Å²) in [4.78, 5) is 17.5. The van der Waals surface area contributed by atoms with Crippen molar-refractivity contribution in [2.24, 2.45) is 5.84 Å². The van der Waals surface area contributed by atoms with E-state index in [2.05, 4.69) is 10.4 Å². The Morgan fingerprint density at radius 1 is 1.60 bits per heavy atom. The normalized spacial score (nSPS) is 10.2. The molecule has 0 aliphatic heterocycles. The van der Waals surface area contributed by atoms with Crippen LogP contribution in [0.2, 0.25) is 0 Å². The summed E-state index contributed by atoms with van der Waals surface area (Å²) in [5, 5.41) is 0. The lowest BCUT2D eigenvalue weighted by Crippen LogP contribution is -2.33. The fourth-order valence-electron chi connectivity index (χ4n) is 1.12. The largest absolute Gasteiger partial charge is 0.339 e. The van der Waals surface area contributed by atoms with Crippen LogP contribution in [0.15, 0.2) is 18.5 Å². The molecule has 1 aromatic rings. The Morgan fingerprint density at radius 2 is 2.27 bits per heavy atom. The summed E-state index contributed by atoms with van der Waals surface area (Å²) in [7, 11) is 1.76. The summed E-state index contributed by atoms with van der Waals surface area (Å²) in [6.45, 7) is 3.91. The van der Waals surface area contributed by atoms with Crippen molar-refractivity contribution >= 4 is 11.6 Å². The number of hydrogen-bond acceptors (Lipinski definition) is 4. The highest BCUT2D eigenvalue weighted by atomic mass is 16.2. The molecule has 0 aromatic carbocycles. The zero-order valence-corrected chi connectivity index (χ0v) is 9.19. The topological polar surface area (TPSA) is 71.2 Å². The van der Waals surface area contributed by atoms with E-state index in [1.165, 1.54) is 6.20 Å². The number of nitrogens with one attached hydrogen (secondary N) is 1. The first kappa shape index (κ1) is 11.5. The van der Waals surface area contributed by atoms with Gasteiger partial charge in [0, 0.05) is 19.3 Å². The highest BCUT2D eigenvalue weighted by Gasteiger charge is 2.17. The first-order valence-corrected chi connectivity index (χ1v) is 4.75. The maximum absolute atomic E-state index is 12.0. The van der Waals surface area contributed by atoms with Gasteiger partial charge in [-0.25, -0.2) is 0 Å². The Balaban J connectivity index is 3.00. The summed E-state index contributed by atoms with van der Waals surface area (Å²) in [5.74, 6) is 5.23. The number of carbonyl (C=O) groups excluding carboxylic acids is 1. The van der Waals surface area contributed by atoms with Crippen LogP contribution < -0.4 is 11.3 Å². The van der Waals surface area contributed by atoms with E-state index in [4.69, 9.17) is 5.84 Å². The van der Waals surface area contributed by atoms with Gasteiger partial charge < -0.3 is 10.3 Å². The van der Waals surface area contributed by atoms with Gasteiger partial charge in [0.25, 0.3) is 5.91 Å². The van der Waals surface area contributed by atoms with E-state index in [1.807, 2.05) is 13.8 Å². The smallest absolute Gasteiger partial charge is 0.256 e. The summed E-state index contributed by atoms with van der Waals surface area (Å²) in [6.07, 6.45) is 3.10. The van der Waals surface area contributed by atoms with E-state index in [0.717, 1.165) is 0 Å². The Bertz CT molecular complexity index is 351. The molecule has 15 heavy (non-hydrogen) atoms. The van der Waals surface area contributed by atoms with Crippen LogP contribution in [0.25, 0.3) is 0 Å². The van der Waals surface area contributed by atoms with Gasteiger partial charge in [0.2, 0.25) is 0 Å². The Kier molecular flexibility index (Phi) is 3.62. The van der Waals surface area contributed by atoms with Crippen molar-refractivity contribution in [1.82, 2.24) is 9.88 Å². The zero-order valence-electron chi connectivity index (χ0n) is 9.19. The van der Waals surface area contributed by atoms with Gasteiger partial charge in [-0.3, -0.25) is 15.6 Å². The minimum atomic E-state index is -0.0691. The van der Waals surface area contributed by atoms with Gasteiger partial charge in [-0.15, -0.1) is 0 Å². The Morgan fingerprint density at radius 3 is 2.80 bits per heavy atom. The summed E-state index contributed by atoms with van der Waals surface area (Å²) < 4.78 is 0. The van der Waals surface area contributed by atoms with Gasteiger partial charge in [0.05, 0.1) is 17.4 Å². The van der Waals surface area contributed by atoms with Gasteiger partial charge in [-0.2, -0.15) is 0 Å². The first-order valence-electron chi connectivity index (χ1n) is 4.75. The van der Waals surface area contributed by atoms with Gasteiger partial charge in [-0.05, 0) is 19.9 Å². The third-order valence-corrected chi connectivity index (χ3v) is 2.30. The van der Waals surface area contributed by atoms with E-state index < -0.39 is 0 Å². The van der Waals surface area contributed by atoms with Crippen LogP contribution in [-0.4, -0.2) is 28.9 Å². The lowest BCUT2D eigenvalue weighted by atomic mass is 10.2. The Hall–Kier alpha value is -1.62. The average molecular weight is 208 g/mol. The number of nitrogens with zero attached hydrogens (tertiary/aromatic N) is 2. The van der Waals surface area contributed by atoms with Crippen LogP contribution in [-0.2, 0) is 0 Å². The minimum absolute atomic E-state index is 0.0691. The molecule has 0 spiro atoms. The molecule has 0 atom stereocenters. The van der Waals surface area contributed by atoms with Crippen LogP contribution in [0, 0.1) is 0 Å². The molecule has 1 heterocycles. The number of hydrogen-bond donors (Lipinski definition) is 2. The molecule has 5 heteroatoms. The zero-order chi connectivity index (χ0) is 11.4. The lowest BCUT2D eigenvalue weighted by Gasteiger charge is -2.22. The molecule has 0 fully saturated rings. The van der Waals surface area contributed by atoms with Crippen molar-refractivity contribution in [3.63, 3.8) is 0 Å². The second kappa shape index (κ2) is 4.75. The van der Waals surface area contributed by atoms with E-state index in [9.17, 15) is 4.79 Å². The number of anilines is 1. The van der Waals surface area contributed by atoms with Crippen LogP contribution in [0.4, 0.5) is 5.69 Å². The van der Waals surface area contributed by atoms with Gasteiger partial charge >= 0.3 is 0 Å². The molecule has 1 aromatic heterocycles. The van der Waals surface area contributed by atoms with E-state index in [-0.39, 0.29) is 11.9 Å². The molecule has 0 aliphatic rings. The summed E-state index contributed by atoms with van der Waals surface area (Å²) in [6, 6.07) is 1.80. The Labute approximate surface area is 89.3 Å². The maximum Gasteiger partial charge on any atom is 0.256 e. The van der Waals surface area contributed by atoms with Crippen LogP contribution >= 0.6 is 0 Å². The van der Waals surface area contributed by atoms with Crippen LogP contribution in [0.3, 0.4) is 0 Å². The third kappa shape index (κ3) is 2.44. The number of carbonyl (C=O) groups is 1. The minimum Gasteiger partial charge on any atom is -0.339 e. The standard InChI is InChI=1S/C10H16N4O/c1-7(2)14(3)10(15)8-4-5-12-6-9(8)13-11/h4-7,13H,11H2,1-3H3. The number of rotatable bonds is 3. The number of pyridine rings is 1. The number of hydrazine groups is 1. The second-order valence-electron chi connectivity index (χ2n) is 3.58. The molecule has 1 amide bonds. The predicted molar refractivity (Wildman–Crippen MR) is 59.3 cm³/mol. The fraction of sp³-hybridized carbons (Fsp3) is 0.400. The molecular formula is C10H16N4O. The third-order valence-electron chi connectivity index (χ3n) is 2.30. The highest BCUT2D eigenvalue weighted by molar-refractivity contribution is 5.99. The number of nitrogen functional groups attached to an aromatic ring is 1. The van der Waals surface area contributed by atoms with Gasteiger partial charge in [0.15, 0.2) is 0 Å². The maximum atomic E-state index is 12.0. The van der Waals surface area contributed by atoms with Crippen molar-refractivity contribution < 1.29 is 4.79 Å². The molecule has 0 radical (unpaired) electrons. The van der Waals surface area contributed by atoms with Crippen molar-refractivity contribution in [2.45, 2.75) is 19.9 Å². The predicted octanol–water partition coefficient (Wildman–Crippen LogP) is 0.848. The molecular weight excluding hydrogens is 192 g/mol. The molecule has 0 saturated heterocycles. The van der Waals surface area contributed by atoms with Crippen LogP contribution in [0.1, 0.15) is 24.2 Å². The monoisotopic (exact) mass is 208 g/mol. The second-order valence-corrected chi connectivity index (χ2v) is 3.58. The molecule has 1 rings (SSSR count). The number of nitrogens with two attached hydrogens (primary N) is 1. The van der Waals surface area contributed by atoms with Crippen molar-refractivity contribution in [2.75, 3.05) is 12.5 Å². The first-order chi connectivity index (χ1) is 7.07. The SMILES string of the molecule is CC(C)N(C)C(=O)c1ccncc1NN. The lowest BCUT2D eigenvalue weighted by molar-refractivity contribution is 0.0756. The molecule has 5 nitrogen and oxygen atoms in total. The van der Waals surface area contributed by atoms with Crippen LogP contribution in [0.5, 0.6) is 0 Å². The number of aromatic nitrogens is 1. The summed E-state index contributed by atoms with van der Waals surface area (Å²) in [5.41, 5.74) is 3.53. The molecule has 0 aliphatic carbocycles. The van der Waals surface area contributed by atoms with Gasteiger partial charge in [-0.1, -0.05) is 0 Å². The van der Waals surface area contributed by atoms with Gasteiger partial charge in [0.1, 0.15) is 0 Å². The number of amides is 1. The molecule has 0 saturated carbocycles. The van der Waals surface area contributed by atoms with E-state index in [1.54, 1.807) is 24.2 Å². The average Bonchev–Trinajstić information content (AvgIpc) is 2.26. The highest BCUT2D eigenvalue weighted by Crippen LogP contribution is 2.14. The van der Waals surface area contributed by atoms with Crippen molar-refractivity contribution in [3.8, 4) is 0 Å². The van der Waals surface area contributed by atoms with Crippen molar-refractivity contribution in [3.05, 3.63) is 24.0 Å². The quantitative estimate of drug-likeness (QED) is 0.570.